The molecule has 0 unspecified atom stereocenters. The molecule has 4 heteroatoms. The number of hydrogen-bond donors (Lipinski definition) is 1. The highest BCUT2D eigenvalue weighted by molar-refractivity contribution is 5.58. The standard InChI is InChI=1S/C9H5F2N2/c10-6-1-2-7(8(11)3-6)9-4-12-5-13-9/h1-4H,(H,12,13). The molecular formula is C9H5F2N2. The molecule has 0 fully saturated rings. The summed E-state index contributed by atoms with van der Waals surface area (Å²) in [7, 11) is 0. The van der Waals surface area contributed by atoms with E-state index < -0.39 is 11.6 Å². The van der Waals surface area contributed by atoms with Gasteiger partial charge in [-0.15, -0.1) is 0 Å². The maximum Gasteiger partial charge on any atom is 0.174 e. The lowest BCUT2D eigenvalue weighted by Crippen LogP contribution is -1.85. The van der Waals surface area contributed by atoms with E-state index >= 15 is 0 Å². The average Bonchev–Trinajstić information content (AvgIpc) is 2.56. The van der Waals surface area contributed by atoms with Gasteiger partial charge in [0, 0.05) is 17.8 Å². The van der Waals surface area contributed by atoms with E-state index in [2.05, 4.69) is 16.3 Å². The number of rotatable bonds is 1. The lowest BCUT2D eigenvalue weighted by molar-refractivity contribution is 0.585. The topological polar surface area (TPSA) is 28.7 Å². The van der Waals surface area contributed by atoms with Crippen LogP contribution in [0, 0.1) is 18.0 Å². The minimum absolute atomic E-state index is 0.263. The second-order valence-electron chi connectivity index (χ2n) is 2.52. The molecule has 0 aliphatic heterocycles. The van der Waals surface area contributed by atoms with E-state index in [4.69, 9.17) is 0 Å². The summed E-state index contributed by atoms with van der Waals surface area (Å²) < 4.78 is 25.6. The monoisotopic (exact) mass is 179 g/mol. The van der Waals surface area contributed by atoms with Gasteiger partial charge in [0.05, 0.1) is 5.69 Å². The highest BCUT2D eigenvalue weighted by atomic mass is 19.1. The van der Waals surface area contributed by atoms with Crippen LogP contribution in [-0.4, -0.2) is 9.97 Å². The van der Waals surface area contributed by atoms with Gasteiger partial charge < -0.3 is 4.98 Å². The quantitative estimate of drug-likeness (QED) is 0.713. The Morgan fingerprint density at radius 2 is 2.15 bits per heavy atom. The van der Waals surface area contributed by atoms with Gasteiger partial charge in [-0.05, 0) is 12.1 Å². The molecule has 0 atom stereocenters. The van der Waals surface area contributed by atoms with Crippen LogP contribution in [-0.2, 0) is 0 Å². The van der Waals surface area contributed by atoms with Crippen LogP contribution >= 0.6 is 0 Å². The maximum absolute atomic E-state index is 13.1. The van der Waals surface area contributed by atoms with E-state index in [9.17, 15) is 8.78 Å². The predicted octanol–water partition coefficient (Wildman–Crippen LogP) is 2.16. The van der Waals surface area contributed by atoms with Crippen LogP contribution in [0.25, 0.3) is 11.3 Å². The molecule has 1 heterocycles. The molecule has 0 saturated carbocycles. The van der Waals surface area contributed by atoms with E-state index in [1.807, 2.05) is 0 Å². The highest BCUT2D eigenvalue weighted by Gasteiger charge is 2.07. The zero-order chi connectivity index (χ0) is 9.26. The van der Waals surface area contributed by atoms with Crippen LogP contribution in [0.5, 0.6) is 0 Å². The molecule has 2 rings (SSSR count). The molecule has 1 aromatic heterocycles. The molecule has 0 saturated heterocycles. The first-order chi connectivity index (χ1) is 6.27. The fourth-order valence-electron chi connectivity index (χ4n) is 1.06. The SMILES string of the molecule is Fc1ccc(-c2c[nH][c]n2)c(F)c1. The van der Waals surface area contributed by atoms with Crippen molar-refractivity contribution in [2.24, 2.45) is 0 Å². The summed E-state index contributed by atoms with van der Waals surface area (Å²) in [5, 5.41) is 0. The largest absolute Gasteiger partial charge is 0.341 e. The molecule has 65 valence electrons. The normalized spacial score (nSPS) is 10.3. The third-order valence-electron chi connectivity index (χ3n) is 1.66. The van der Waals surface area contributed by atoms with Crippen molar-refractivity contribution in [1.29, 1.82) is 0 Å². The summed E-state index contributed by atoms with van der Waals surface area (Å²) in [5.41, 5.74) is 0.677. The van der Waals surface area contributed by atoms with Crippen molar-refractivity contribution in [3.8, 4) is 11.3 Å². The molecule has 0 aliphatic carbocycles. The number of H-pyrrole nitrogens is 1. The highest BCUT2D eigenvalue weighted by Crippen LogP contribution is 2.20. The Labute approximate surface area is 73.2 Å². The Balaban J connectivity index is 2.53. The summed E-state index contributed by atoms with van der Waals surface area (Å²) in [5.74, 6) is -1.22. The number of aromatic amines is 1. The Morgan fingerprint density at radius 3 is 2.77 bits per heavy atom. The van der Waals surface area contributed by atoms with Crippen molar-refractivity contribution in [2.75, 3.05) is 0 Å². The van der Waals surface area contributed by atoms with Crippen molar-refractivity contribution in [3.63, 3.8) is 0 Å². The van der Waals surface area contributed by atoms with E-state index in [0.29, 0.717) is 5.69 Å². The number of aromatic nitrogens is 2. The minimum atomic E-state index is -0.625. The summed E-state index contributed by atoms with van der Waals surface area (Å²) in [6, 6.07) is 3.35. The molecule has 2 nitrogen and oxygen atoms in total. The summed E-state index contributed by atoms with van der Waals surface area (Å²) >= 11 is 0. The number of nitrogens with one attached hydrogen (secondary N) is 1. The molecule has 0 amide bonds. The smallest absolute Gasteiger partial charge is 0.174 e. The number of imidazole rings is 1. The summed E-state index contributed by atoms with van der Waals surface area (Å²) in [6.07, 6.45) is 3.93. The van der Waals surface area contributed by atoms with Crippen LogP contribution in [0.15, 0.2) is 24.4 Å². The third-order valence-corrected chi connectivity index (χ3v) is 1.66. The van der Waals surface area contributed by atoms with Crippen LogP contribution in [0.1, 0.15) is 0 Å². The van der Waals surface area contributed by atoms with E-state index in [1.165, 1.54) is 18.3 Å². The van der Waals surface area contributed by atoms with Crippen molar-refractivity contribution >= 4 is 0 Å². The predicted molar refractivity (Wildman–Crippen MR) is 42.8 cm³/mol. The Bertz CT molecular complexity index is 410. The van der Waals surface area contributed by atoms with Crippen LogP contribution < -0.4 is 0 Å². The molecule has 0 aliphatic rings. The van der Waals surface area contributed by atoms with Crippen LogP contribution in [0.2, 0.25) is 0 Å². The number of benzene rings is 1. The first-order valence-electron chi connectivity index (χ1n) is 3.64. The van der Waals surface area contributed by atoms with Gasteiger partial charge in [-0.2, -0.15) is 0 Å². The fraction of sp³-hybridized carbons (Fsp3) is 0. The van der Waals surface area contributed by atoms with Gasteiger partial charge in [0.25, 0.3) is 0 Å². The van der Waals surface area contributed by atoms with E-state index in [1.54, 1.807) is 0 Å². The molecular weight excluding hydrogens is 174 g/mol. The van der Waals surface area contributed by atoms with Crippen LogP contribution in [0.4, 0.5) is 8.78 Å². The molecule has 1 aromatic carbocycles. The molecule has 13 heavy (non-hydrogen) atoms. The fourth-order valence-corrected chi connectivity index (χ4v) is 1.06. The third kappa shape index (κ3) is 1.42. The van der Waals surface area contributed by atoms with Gasteiger partial charge in [0.15, 0.2) is 6.33 Å². The van der Waals surface area contributed by atoms with Gasteiger partial charge >= 0.3 is 0 Å². The zero-order valence-corrected chi connectivity index (χ0v) is 6.51. The van der Waals surface area contributed by atoms with Crippen molar-refractivity contribution in [1.82, 2.24) is 9.97 Å². The first kappa shape index (κ1) is 7.91. The Kier molecular flexibility index (Phi) is 1.81. The maximum atomic E-state index is 13.1. The van der Waals surface area contributed by atoms with Crippen molar-refractivity contribution in [3.05, 3.63) is 42.4 Å². The number of nitrogens with zero attached hydrogens (tertiary/aromatic N) is 1. The molecule has 0 spiro atoms. The summed E-state index contributed by atoms with van der Waals surface area (Å²) in [6.45, 7) is 0. The van der Waals surface area contributed by atoms with Gasteiger partial charge in [-0.1, -0.05) is 0 Å². The second-order valence-corrected chi connectivity index (χ2v) is 2.52. The van der Waals surface area contributed by atoms with E-state index in [-0.39, 0.29) is 5.56 Å². The Morgan fingerprint density at radius 1 is 1.31 bits per heavy atom. The van der Waals surface area contributed by atoms with E-state index in [0.717, 1.165) is 6.07 Å². The minimum Gasteiger partial charge on any atom is -0.341 e. The van der Waals surface area contributed by atoms with Gasteiger partial charge in [-0.3, -0.25) is 0 Å². The molecule has 1 radical (unpaired) electrons. The van der Waals surface area contributed by atoms with Gasteiger partial charge in [-0.25, -0.2) is 13.8 Å². The molecule has 2 aromatic rings. The molecule has 0 bridgehead atoms. The molecule has 1 N–H and O–H groups in total. The average molecular weight is 179 g/mol. The first-order valence-corrected chi connectivity index (χ1v) is 3.64. The van der Waals surface area contributed by atoms with Crippen LogP contribution in [0.3, 0.4) is 0 Å². The number of hydrogen-bond acceptors (Lipinski definition) is 1. The van der Waals surface area contributed by atoms with Gasteiger partial charge in [0.1, 0.15) is 11.6 Å². The van der Waals surface area contributed by atoms with Gasteiger partial charge in [0.2, 0.25) is 0 Å². The van der Waals surface area contributed by atoms with Crippen molar-refractivity contribution < 1.29 is 8.78 Å². The number of halogens is 2. The second kappa shape index (κ2) is 2.97. The summed E-state index contributed by atoms with van der Waals surface area (Å²) in [4.78, 5) is 6.31. The van der Waals surface area contributed by atoms with Crippen molar-refractivity contribution in [2.45, 2.75) is 0 Å². The Hall–Kier alpha value is -1.71. The lowest BCUT2D eigenvalue weighted by Gasteiger charge is -1.97. The zero-order valence-electron chi connectivity index (χ0n) is 6.51. The lowest BCUT2D eigenvalue weighted by atomic mass is 10.1.